The number of hydrogen-bond acceptors (Lipinski definition) is 16. The Kier molecular flexibility index (Phi) is 9.60. The molecule has 1 unspecified atom stereocenters. The van der Waals surface area contributed by atoms with Crippen molar-refractivity contribution < 1.29 is 34.2 Å². The van der Waals surface area contributed by atoms with E-state index in [1.54, 1.807) is 0 Å². The average Bonchev–Trinajstić information content (AvgIpc) is 3.38. The summed E-state index contributed by atoms with van der Waals surface area (Å²) >= 11 is 3.81. The molecule has 42 heavy (non-hydrogen) atoms. The number of aromatic amines is 1. The number of oxime groups is 1. The Labute approximate surface area is 251 Å². The van der Waals surface area contributed by atoms with Crippen molar-refractivity contribution in [3.8, 4) is 0 Å². The molecule has 0 spiro atoms. The van der Waals surface area contributed by atoms with Gasteiger partial charge in [0.1, 0.15) is 36.0 Å². The molecule has 2 amide bonds. The van der Waals surface area contributed by atoms with Gasteiger partial charge in [-0.3, -0.25) is 33.9 Å². The van der Waals surface area contributed by atoms with Gasteiger partial charge in [-0.2, -0.15) is 4.09 Å². The summed E-state index contributed by atoms with van der Waals surface area (Å²) in [6.45, 7) is 0. The Morgan fingerprint density at radius 3 is 2.69 bits per heavy atom. The number of aliphatic carboxylic acids is 2. The molecule has 3 atom stereocenters. The summed E-state index contributed by atoms with van der Waals surface area (Å²) in [5.41, 5.74) is 8.96. The minimum atomic E-state index is -1.38. The van der Waals surface area contributed by atoms with E-state index in [-0.39, 0.29) is 44.6 Å². The third-order valence-electron chi connectivity index (χ3n) is 5.55. The van der Waals surface area contributed by atoms with Crippen LogP contribution in [0, 0.1) is 0 Å². The van der Waals surface area contributed by atoms with Crippen LogP contribution in [0.15, 0.2) is 36.6 Å². The lowest BCUT2D eigenvalue weighted by molar-refractivity contribution is -0.150. The predicted molar refractivity (Wildman–Crippen MR) is 153 cm³/mol. The molecule has 0 radical (unpaired) electrons. The summed E-state index contributed by atoms with van der Waals surface area (Å²) in [6.07, 6.45) is 0. The Hall–Kier alpha value is -3.86. The SMILES string of the molecule is CO/N=C(\C(=O)N[C@@H]1C(=O)N2C(C(=O)O)=C(CSc3nn(SCC(N)C(=O)O)c(=O)c(=O)[nH]3)CS[C@H]12)c1csc(N)n1. The van der Waals surface area contributed by atoms with Gasteiger partial charge in [-0.1, -0.05) is 16.9 Å². The minimum Gasteiger partial charge on any atom is -0.480 e. The van der Waals surface area contributed by atoms with E-state index < -0.39 is 52.3 Å². The molecular weight excluding hydrogens is 639 g/mol. The molecule has 0 aliphatic carbocycles. The van der Waals surface area contributed by atoms with E-state index >= 15 is 0 Å². The maximum Gasteiger partial charge on any atom is 0.352 e. The first-order chi connectivity index (χ1) is 19.9. The number of nitrogens with zero attached hydrogens (tertiary/aromatic N) is 5. The van der Waals surface area contributed by atoms with Crippen molar-refractivity contribution in [1.82, 2.24) is 29.4 Å². The molecule has 2 aromatic rings. The number of nitrogens with two attached hydrogens (primary N) is 2. The van der Waals surface area contributed by atoms with Gasteiger partial charge >= 0.3 is 23.1 Å². The fourth-order valence-electron chi connectivity index (χ4n) is 3.62. The molecule has 1 fully saturated rings. The predicted octanol–water partition coefficient (Wildman–Crippen LogP) is -2.24. The quantitative estimate of drug-likeness (QED) is 0.0462. The lowest BCUT2D eigenvalue weighted by atomic mass is 10.0. The number of carbonyl (C=O) groups excluding carboxylic acids is 2. The summed E-state index contributed by atoms with van der Waals surface area (Å²) < 4.78 is 0.704. The second-order valence-corrected chi connectivity index (χ2v) is 12.2. The number of thiazole rings is 1. The zero-order valence-corrected chi connectivity index (χ0v) is 24.5. The van der Waals surface area contributed by atoms with E-state index in [1.807, 2.05) is 0 Å². The van der Waals surface area contributed by atoms with Crippen molar-refractivity contribution >= 4 is 81.4 Å². The van der Waals surface area contributed by atoms with Gasteiger partial charge < -0.3 is 31.8 Å². The van der Waals surface area contributed by atoms with Crippen molar-refractivity contribution in [3.63, 3.8) is 0 Å². The summed E-state index contributed by atoms with van der Waals surface area (Å²) in [5.74, 6) is -4.23. The van der Waals surface area contributed by atoms with Gasteiger partial charge in [0.2, 0.25) is 0 Å². The van der Waals surface area contributed by atoms with Crippen LogP contribution in [0.5, 0.6) is 0 Å². The van der Waals surface area contributed by atoms with Crippen LogP contribution in [-0.4, -0.2) is 106 Å². The highest BCUT2D eigenvalue weighted by Crippen LogP contribution is 2.41. The van der Waals surface area contributed by atoms with Gasteiger partial charge in [0, 0.05) is 22.6 Å². The van der Waals surface area contributed by atoms with Gasteiger partial charge in [0.15, 0.2) is 16.0 Å². The average molecular weight is 660 g/mol. The summed E-state index contributed by atoms with van der Waals surface area (Å²) in [6, 6.07) is -2.36. The van der Waals surface area contributed by atoms with Gasteiger partial charge in [0.25, 0.3) is 11.8 Å². The van der Waals surface area contributed by atoms with Crippen molar-refractivity contribution in [2.24, 2.45) is 10.9 Å². The first-order valence-corrected chi connectivity index (χ1v) is 15.3. The molecule has 2 aliphatic heterocycles. The maximum absolute atomic E-state index is 13.0. The molecule has 4 heterocycles. The molecule has 22 heteroatoms. The van der Waals surface area contributed by atoms with E-state index in [0.717, 1.165) is 28.0 Å². The number of amides is 2. The van der Waals surface area contributed by atoms with Crippen LogP contribution in [0.3, 0.4) is 0 Å². The number of nitrogen functional groups attached to an aromatic ring is 1. The number of carboxylic acids is 2. The monoisotopic (exact) mass is 659 g/mol. The Balaban J connectivity index is 1.48. The lowest BCUT2D eigenvalue weighted by Gasteiger charge is -2.49. The van der Waals surface area contributed by atoms with Crippen LogP contribution in [-0.2, 0) is 24.0 Å². The number of hydrogen-bond donors (Lipinski definition) is 6. The molecule has 0 aromatic carbocycles. The summed E-state index contributed by atoms with van der Waals surface area (Å²) in [7, 11) is 1.23. The van der Waals surface area contributed by atoms with E-state index in [1.165, 1.54) is 24.3 Å². The highest BCUT2D eigenvalue weighted by Gasteiger charge is 2.54. The largest absolute Gasteiger partial charge is 0.480 e. The summed E-state index contributed by atoms with van der Waals surface area (Å²) in [5, 5.41) is 29.9. The summed E-state index contributed by atoms with van der Waals surface area (Å²) in [4.78, 5) is 85.3. The number of β-lactam (4-membered cyclic amide) rings is 1. The molecule has 1 saturated heterocycles. The highest BCUT2D eigenvalue weighted by molar-refractivity contribution is 8.01. The standard InChI is InChI=1S/C20H21N9O9S4/c1-38-27-9(8-5-40-19(22)23-8)12(30)24-10-14(32)28-11(18(36)37)6(2-39-16(10)28)3-41-20-25-13(31)15(33)29(26-20)42-4-7(21)17(34)35/h5,7,10,16H,2-4,21H2,1H3,(H2,22,23)(H,24,30)(H,34,35)(H,36,37)(H,25,26,31)/b27-9-/t7?,10-,16-/m1/s1. The number of H-pyrrole nitrogens is 1. The zero-order chi connectivity index (χ0) is 30.7. The van der Waals surface area contributed by atoms with E-state index in [0.29, 0.717) is 21.6 Å². The molecule has 8 N–H and O–H groups in total. The molecule has 224 valence electrons. The molecule has 0 saturated carbocycles. The number of carbonyl (C=O) groups is 4. The normalized spacial score (nSPS) is 19.1. The number of rotatable bonds is 12. The molecule has 18 nitrogen and oxygen atoms in total. The highest BCUT2D eigenvalue weighted by atomic mass is 32.2. The maximum atomic E-state index is 13.0. The Morgan fingerprint density at radius 2 is 2.07 bits per heavy atom. The number of thioether (sulfide) groups is 2. The van der Waals surface area contributed by atoms with Crippen molar-refractivity contribution in [2.45, 2.75) is 22.6 Å². The third-order valence-corrected chi connectivity index (χ3v) is 9.51. The first kappa shape index (κ1) is 31.1. The third kappa shape index (κ3) is 6.46. The van der Waals surface area contributed by atoms with E-state index in [2.05, 4.69) is 25.5 Å². The lowest BCUT2D eigenvalue weighted by Crippen LogP contribution is -2.71. The van der Waals surface area contributed by atoms with Crippen LogP contribution in [0.25, 0.3) is 0 Å². The Morgan fingerprint density at radius 1 is 1.33 bits per heavy atom. The van der Waals surface area contributed by atoms with Crippen LogP contribution >= 0.6 is 46.8 Å². The zero-order valence-electron chi connectivity index (χ0n) is 21.2. The molecule has 2 aromatic heterocycles. The number of aromatic nitrogens is 4. The van der Waals surface area contributed by atoms with Gasteiger partial charge in [-0.15, -0.1) is 28.2 Å². The topological polar surface area (TPSA) is 278 Å². The number of carboxylic acid groups (broad SMARTS) is 2. The van der Waals surface area contributed by atoms with Gasteiger partial charge in [-0.25, -0.2) is 9.78 Å². The van der Waals surface area contributed by atoms with Crippen molar-refractivity contribution in [3.05, 3.63) is 43.1 Å². The molecule has 4 rings (SSSR count). The first-order valence-electron chi connectivity index (χ1n) is 11.4. The number of fused-ring (bicyclic) bond motifs is 1. The fraction of sp³-hybridized carbons (Fsp3) is 0.350. The van der Waals surface area contributed by atoms with Crippen molar-refractivity contribution in [2.75, 3.05) is 30.1 Å². The number of nitrogens with one attached hydrogen (secondary N) is 2. The molecule has 0 bridgehead atoms. The smallest absolute Gasteiger partial charge is 0.352 e. The van der Waals surface area contributed by atoms with Gasteiger partial charge in [0.05, 0.1) is 0 Å². The van der Waals surface area contributed by atoms with Crippen LogP contribution < -0.4 is 27.9 Å². The van der Waals surface area contributed by atoms with Crippen LogP contribution in [0.4, 0.5) is 5.13 Å². The second-order valence-electron chi connectivity index (χ2n) is 8.28. The minimum absolute atomic E-state index is 0.0293. The Bertz CT molecular complexity index is 1620. The molecular formula is C20H21N9O9S4. The van der Waals surface area contributed by atoms with Crippen molar-refractivity contribution in [1.29, 1.82) is 0 Å². The van der Waals surface area contributed by atoms with Crippen LogP contribution in [0.2, 0.25) is 0 Å². The fourth-order valence-corrected chi connectivity index (χ4v) is 7.33. The molecule has 2 aliphatic rings. The van der Waals surface area contributed by atoms with Gasteiger partial charge in [-0.05, 0) is 17.5 Å². The second kappa shape index (κ2) is 13.0. The van der Waals surface area contributed by atoms with E-state index in [4.69, 9.17) is 21.4 Å². The van der Waals surface area contributed by atoms with Crippen LogP contribution in [0.1, 0.15) is 5.69 Å². The number of anilines is 1. The van der Waals surface area contributed by atoms with E-state index in [9.17, 15) is 33.9 Å².